The van der Waals surface area contributed by atoms with E-state index in [1.807, 2.05) is 30.3 Å². The summed E-state index contributed by atoms with van der Waals surface area (Å²) < 4.78 is 0. The molecule has 0 aliphatic carbocycles. The second-order valence-electron chi connectivity index (χ2n) is 2.58. The molecule has 0 aliphatic rings. The van der Waals surface area contributed by atoms with Crippen molar-refractivity contribution in [2.24, 2.45) is 0 Å². The van der Waals surface area contributed by atoms with E-state index < -0.39 is 0 Å². The molecule has 1 aromatic rings. The van der Waals surface area contributed by atoms with Crippen molar-refractivity contribution in [3.8, 4) is 0 Å². The monoisotopic (exact) mass is 246 g/mol. The normalized spacial score (nSPS) is 8.62. The standard InChI is InChI=1S/C6H15P.C5H5.Cu/c1-4-7(5-2)6-3;1-2-4-5-3-1;/h4-6H2,1-3H3;1-5H;/q;-1;+1. The summed E-state index contributed by atoms with van der Waals surface area (Å²) in [6.45, 7) is 6.87. The molecule has 0 nitrogen and oxygen atoms in total. The predicted octanol–water partition coefficient (Wildman–Crippen LogP) is 3.93. The molecule has 0 spiro atoms. The van der Waals surface area contributed by atoms with E-state index in [0.717, 1.165) is 0 Å². The molecule has 0 amide bonds. The largest absolute Gasteiger partial charge is 1.00 e. The summed E-state index contributed by atoms with van der Waals surface area (Å²) in [6.07, 6.45) is 4.26. The fourth-order valence-electron chi connectivity index (χ4n) is 0.992. The molecule has 1 rings (SSSR count). The van der Waals surface area contributed by atoms with Gasteiger partial charge in [-0.3, -0.25) is 0 Å². The SMILES string of the molecule is CCP(CC)CC.[Cu+].c1cc[cH-]c1. The Morgan fingerprint density at radius 2 is 1.31 bits per heavy atom. The van der Waals surface area contributed by atoms with Crippen LogP contribution in [-0.4, -0.2) is 18.5 Å². The Bertz CT molecular complexity index is 122. The molecule has 0 N–H and O–H groups in total. The van der Waals surface area contributed by atoms with E-state index in [4.69, 9.17) is 0 Å². The van der Waals surface area contributed by atoms with Gasteiger partial charge in [0.2, 0.25) is 0 Å². The minimum absolute atomic E-state index is 0. The van der Waals surface area contributed by atoms with Gasteiger partial charge in [0.05, 0.1) is 0 Å². The zero-order chi connectivity index (χ0) is 9.23. The van der Waals surface area contributed by atoms with Crippen molar-refractivity contribution in [3.63, 3.8) is 0 Å². The number of hydrogen-bond acceptors (Lipinski definition) is 0. The third-order valence-corrected chi connectivity index (χ3v) is 4.58. The molecule has 0 radical (unpaired) electrons. The molecule has 2 heteroatoms. The molecule has 0 aromatic heterocycles. The smallest absolute Gasteiger partial charge is 0.214 e. The molecule has 80 valence electrons. The minimum Gasteiger partial charge on any atom is -0.214 e. The van der Waals surface area contributed by atoms with Gasteiger partial charge in [0.1, 0.15) is 0 Å². The van der Waals surface area contributed by atoms with Crippen molar-refractivity contribution < 1.29 is 17.1 Å². The molecule has 1 aromatic carbocycles. The minimum atomic E-state index is 0. The molecule has 0 unspecified atom stereocenters. The maximum absolute atomic E-state index is 2.29. The average molecular weight is 247 g/mol. The molecule has 0 bridgehead atoms. The molecule has 13 heavy (non-hydrogen) atoms. The van der Waals surface area contributed by atoms with Crippen LogP contribution in [0.1, 0.15) is 20.8 Å². The van der Waals surface area contributed by atoms with E-state index in [2.05, 4.69) is 20.8 Å². The van der Waals surface area contributed by atoms with Crippen molar-refractivity contribution in [2.75, 3.05) is 18.5 Å². The van der Waals surface area contributed by atoms with Crippen molar-refractivity contribution in [3.05, 3.63) is 30.3 Å². The van der Waals surface area contributed by atoms with Gasteiger partial charge in [-0.15, -0.1) is 7.92 Å². The summed E-state index contributed by atoms with van der Waals surface area (Å²) in [5, 5.41) is 0. The van der Waals surface area contributed by atoms with Crippen molar-refractivity contribution >= 4 is 7.92 Å². The summed E-state index contributed by atoms with van der Waals surface area (Å²) in [5.74, 6) is 0. The van der Waals surface area contributed by atoms with Gasteiger partial charge in [0.25, 0.3) is 0 Å². The molecular formula is C11H20CuP. The van der Waals surface area contributed by atoms with Gasteiger partial charge >= 0.3 is 17.1 Å². The average Bonchev–Trinajstić information content (AvgIpc) is 2.64. The van der Waals surface area contributed by atoms with Gasteiger partial charge in [-0.1, -0.05) is 20.8 Å². The van der Waals surface area contributed by atoms with Crippen LogP contribution in [-0.2, 0) is 17.1 Å². The van der Waals surface area contributed by atoms with Gasteiger partial charge in [-0.05, 0) is 18.5 Å². The Labute approximate surface area is 94.7 Å². The van der Waals surface area contributed by atoms with Gasteiger partial charge in [0, 0.05) is 0 Å². The Hall–Kier alpha value is 0.299. The first-order valence-corrected chi connectivity index (χ1v) is 6.63. The van der Waals surface area contributed by atoms with Crippen LogP contribution in [0.2, 0.25) is 0 Å². The van der Waals surface area contributed by atoms with Crippen LogP contribution in [0.5, 0.6) is 0 Å². The zero-order valence-corrected chi connectivity index (χ0v) is 10.6. The number of hydrogen-bond donors (Lipinski definition) is 0. The van der Waals surface area contributed by atoms with Crippen molar-refractivity contribution in [2.45, 2.75) is 20.8 Å². The van der Waals surface area contributed by atoms with Gasteiger partial charge < -0.3 is 0 Å². The molecule has 0 saturated carbocycles. The summed E-state index contributed by atoms with van der Waals surface area (Å²) in [4.78, 5) is 0. The van der Waals surface area contributed by atoms with E-state index in [1.54, 1.807) is 0 Å². The van der Waals surface area contributed by atoms with Gasteiger partial charge in [-0.2, -0.15) is 18.2 Å². The first kappa shape index (κ1) is 15.8. The fourth-order valence-corrected chi connectivity index (χ4v) is 2.33. The van der Waals surface area contributed by atoms with E-state index >= 15 is 0 Å². The molecule has 0 aliphatic heterocycles. The summed E-state index contributed by atoms with van der Waals surface area (Å²) in [5.41, 5.74) is 0. The summed E-state index contributed by atoms with van der Waals surface area (Å²) >= 11 is 0. The Morgan fingerprint density at radius 3 is 1.38 bits per heavy atom. The third-order valence-electron chi connectivity index (χ3n) is 1.90. The second-order valence-corrected chi connectivity index (χ2v) is 5.82. The van der Waals surface area contributed by atoms with Crippen molar-refractivity contribution in [1.29, 1.82) is 0 Å². The van der Waals surface area contributed by atoms with E-state index in [-0.39, 0.29) is 17.1 Å². The van der Waals surface area contributed by atoms with E-state index in [0.29, 0.717) is 7.92 Å². The van der Waals surface area contributed by atoms with Crippen LogP contribution in [0.3, 0.4) is 0 Å². The molecule has 0 fully saturated rings. The Morgan fingerprint density at radius 1 is 0.923 bits per heavy atom. The summed E-state index contributed by atoms with van der Waals surface area (Å²) in [7, 11) is 0.446. The predicted molar refractivity (Wildman–Crippen MR) is 60.6 cm³/mol. The summed E-state index contributed by atoms with van der Waals surface area (Å²) in [6, 6.07) is 10.0. The van der Waals surface area contributed by atoms with Gasteiger partial charge in [0.15, 0.2) is 0 Å². The van der Waals surface area contributed by atoms with Crippen LogP contribution < -0.4 is 0 Å². The van der Waals surface area contributed by atoms with Crippen LogP contribution in [0, 0.1) is 0 Å². The van der Waals surface area contributed by atoms with Crippen LogP contribution in [0.15, 0.2) is 30.3 Å². The fraction of sp³-hybridized carbons (Fsp3) is 0.545. The second kappa shape index (κ2) is 12.3. The maximum Gasteiger partial charge on any atom is 1.00 e. The van der Waals surface area contributed by atoms with Crippen LogP contribution in [0.4, 0.5) is 0 Å². The first-order valence-electron chi connectivity index (χ1n) is 4.74. The molecular weight excluding hydrogens is 227 g/mol. The third kappa shape index (κ3) is 10.2. The zero-order valence-electron chi connectivity index (χ0n) is 8.76. The van der Waals surface area contributed by atoms with Crippen molar-refractivity contribution in [1.82, 2.24) is 0 Å². The van der Waals surface area contributed by atoms with E-state index in [9.17, 15) is 0 Å². The molecule has 0 saturated heterocycles. The Balaban J connectivity index is 0. The maximum atomic E-state index is 2.29. The van der Waals surface area contributed by atoms with Crippen LogP contribution in [0.25, 0.3) is 0 Å². The van der Waals surface area contributed by atoms with E-state index in [1.165, 1.54) is 18.5 Å². The van der Waals surface area contributed by atoms with Crippen LogP contribution >= 0.6 is 7.92 Å². The topological polar surface area (TPSA) is 0 Å². The number of rotatable bonds is 3. The quantitative estimate of drug-likeness (QED) is 0.431. The first-order chi connectivity index (χ1) is 5.85. The molecule has 0 heterocycles. The molecule has 0 atom stereocenters. The Kier molecular flexibility index (Phi) is 14.9. The van der Waals surface area contributed by atoms with Gasteiger partial charge in [-0.25, -0.2) is 12.1 Å².